The van der Waals surface area contributed by atoms with Crippen LogP contribution in [0.4, 0.5) is 4.39 Å². The van der Waals surface area contributed by atoms with Crippen LogP contribution in [0.25, 0.3) is 0 Å². The molecule has 0 bridgehead atoms. The Morgan fingerprint density at radius 1 is 0.821 bits per heavy atom. The van der Waals surface area contributed by atoms with Crippen LogP contribution in [0.3, 0.4) is 0 Å². The maximum atomic E-state index is 14.5. The van der Waals surface area contributed by atoms with Crippen molar-refractivity contribution in [3.05, 3.63) is 29.6 Å². The Bertz CT molecular complexity index is 519. The molecule has 1 aromatic rings. The molecule has 0 heterocycles. The second kappa shape index (κ2) is 14.0. The van der Waals surface area contributed by atoms with Crippen molar-refractivity contribution in [3.8, 4) is 5.75 Å². The van der Waals surface area contributed by atoms with Gasteiger partial charge < -0.3 is 4.74 Å². The van der Waals surface area contributed by atoms with Gasteiger partial charge in [-0.05, 0) is 61.6 Å². The van der Waals surface area contributed by atoms with Gasteiger partial charge in [0.25, 0.3) is 0 Å². The predicted molar refractivity (Wildman–Crippen MR) is 119 cm³/mol. The minimum absolute atomic E-state index is 0.177. The lowest BCUT2D eigenvalue weighted by Crippen LogP contribution is -2.13. The van der Waals surface area contributed by atoms with Crippen LogP contribution in [0, 0.1) is 11.7 Å². The third kappa shape index (κ3) is 8.53. The third-order valence-corrected chi connectivity index (χ3v) is 6.50. The first kappa shape index (κ1) is 23.2. The molecule has 0 spiro atoms. The fraction of sp³-hybridized carbons (Fsp3) is 0.769. The molecule has 1 aromatic carbocycles. The van der Waals surface area contributed by atoms with Gasteiger partial charge in [0.1, 0.15) is 0 Å². The van der Waals surface area contributed by atoms with Crippen LogP contribution in [0.1, 0.15) is 122 Å². The van der Waals surface area contributed by atoms with E-state index < -0.39 is 0 Å². The summed E-state index contributed by atoms with van der Waals surface area (Å²) in [5.74, 6) is 1.69. The maximum absolute atomic E-state index is 14.5. The highest BCUT2D eigenvalue weighted by Gasteiger charge is 2.23. The third-order valence-electron chi connectivity index (χ3n) is 6.50. The zero-order valence-corrected chi connectivity index (χ0v) is 18.5. The van der Waals surface area contributed by atoms with Crippen molar-refractivity contribution < 1.29 is 9.13 Å². The molecule has 1 saturated carbocycles. The Morgan fingerprint density at radius 3 is 2.11 bits per heavy atom. The smallest absolute Gasteiger partial charge is 0.165 e. The average molecular weight is 391 g/mol. The lowest BCUT2D eigenvalue weighted by molar-refractivity contribution is 0.287. The van der Waals surface area contributed by atoms with E-state index in [0.717, 1.165) is 12.3 Å². The van der Waals surface area contributed by atoms with Gasteiger partial charge in [0.15, 0.2) is 11.6 Å². The molecule has 0 aliphatic heterocycles. The van der Waals surface area contributed by atoms with E-state index in [1.807, 2.05) is 6.07 Å². The molecule has 0 saturated heterocycles. The van der Waals surface area contributed by atoms with E-state index in [1.165, 1.54) is 95.5 Å². The molecule has 1 aliphatic carbocycles. The zero-order chi connectivity index (χ0) is 20.0. The Balaban J connectivity index is 1.68. The topological polar surface area (TPSA) is 9.23 Å². The number of hydrogen-bond acceptors (Lipinski definition) is 1. The molecule has 0 N–H and O–H groups in total. The molecule has 160 valence electrons. The fourth-order valence-corrected chi connectivity index (χ4v) is 4.60. The number of hydrogen-bond donors (Lipinski definition) is 0. The van der Waals surface area contributed by atoms with E-state index in [-0.39, 0.29) is 5.82 Å². The first-order valence-electron chi connectivity index (χ1n) is 12.2. The monoisotopic (exact) mass is 390 g/mol. The van der Waals surface area contributed by atoms with Gasteiger partial charge in [-0.2, -0.15) is 0 Å². The van der Waals surface area contributed by atoms with Gasteiger partial charge in [0.2, 0.25) is 0 Å². The molecule has 2 rings (SSSR count). The van der Waals surface area contributed by atoms with Gasteiger partial charge in [0, 0.05) is 0 Å². The van der Waals surface area contributed by atoms with E-state index in [2.05, 4.69) is 19.9 Å². The van der Waals surface area contributed by atoms with Gasteiger partial charge >= 0.3 is 0 Å². The summed E-state index contributed by atoms with van der Waals surface area (Å²) < 4.78 is 20.1. The quantitative estimate of drug-likeness (QED) is 0.288. The second-order valence-corrected chi connectivity index (χ2v) is 8.87. The van der Waals surface area contributed by atoms with Crippen molar-refractivity contribution >= 4 is 0 Å². The molecule has 0 atom stereocenters. The summed E-state index contributed by atoms with van der Waals surface area (Å²) in [7, 11) is 0. The molecule has 0 unspecified atom stereocenters. The van der Waals surface area contributed by atoms with Crippen LogP contribution in [-0.2, 0) is 0 Å². The molecule has 1 aliphatic rings. The summed E-state index contributed by atoms with van der Waals surface area (Å²) in [5.41, 5.74) is 1.18. The summed E-state index contributed by atoms with van der Waals surface area (Å²) >= 11 is 0. The highest BCUT2D eigenvalue weighted by Crippen LogP contribution is 2.38. The van der Waals surface area contributed by atoms with Crippen LogP contribution >= 0.6 is 0 Å². The van der Waals surface area contributed by atoms with Crippen molar-refractivity contribution in [1.82, 2.24) is 0 Å². The van der Waals surface area contributed by atoms with Crippen molar-refractivity contribution in [2.75, 3.05) is 6.61 Å². The first-order valence-corrected chi connectivity index (χ1v) is 12.2. The largest absolute Gasteiger partial charge is 0.491 e. The van der Waals surface area contributed by atoms with Crippen LogP contribution in [0.2, 0.25) is 0 Å². The van der Waals surface area contributed by atoms with E-state index in [1.54, 1.807) is 6.07 Å². The molecule has 1 fully saturated rings. The molecular formula is C26H43FO. The molecule has 1 nitrogen and oxygen atoms in total. The summed E-state index contributed by atoms with van der Waals surface area (Å²) in [4.78, 5) is 0. The van der Waals surface area contributed by atoms with Crippen molar-refractivity contribution in [3.63, 3.8) is 0 Å². The highest BCUT2D eigenvalue weighted by molar-refractivity contribution is 5.31. The average Bonchev–Trinajstić information content (AvgIpc) is 2.72. The normalized spacial score (nSPS) is 19.7. The second-order valence-electron chi connectivity index (χ2n) is 8.87. The SMILES string of the molecule is CCCCCCCOc1ccc([C@H]2CC[C@H](CCCCCCC)CC2)cc1F. The Morgan fingerprint density at radius 2 is 1.46 bits per heavy atom. The summed E-state index contributed by atoms with van der Waals surface area (Å²) in [5, 5.41) is 0. The number of halogens is 1. The summed E-state index contributed by atoms with van der Waals surface area (Å²) in [6.45, 7) is 5.12. The number of benzene rings is 1. The van der Waals surface area contributed by atoms with E-state index in [0.29, 0.717) is 18.3 Å². The molecule has 2 heteroatoms. The van der Waals surface area contributed by atoms with Gasteiger partial charge in [-0.25, -0.2) is 4.39 Å². The van der Waals surface area contributed by atoms with Crippen LogP contribution < -0.4 is 4.74 Å². The molecule has 0 amide bonds. The lowest BCUT2D eigenvalue weighted by Gasteiger charge is -2.29. The predicted octanol–water partition coefficient (Wildman–Crippen LogP) is 8.81. The Kier molecular flexibility index (Phi) is 11.6. The van der Waals surface area contributed by atoms with Gasteiger partial charge in [-0.15, -0.1) is 0 Å². The summed E-state index contributed by atoms with van der Waals surface area (Å²) in [6.07, 6.45) is 19.4. The zero-order valence-electron chi connectivity index (χ0n) is 18.5. The van der Waals surface area contributed by atoms with E-state index in [9.17, 15) is 4.39 Å². The van der Waals surface area contributed by atoms with E-state index in [4.69, 9.17) is 4.74 Å². The maximum Gasteiger partial charge on any atom is 0.165 e. The molecular weight excluding hydrogens is 347 g/mol. The van der Waals surface area contributed by atoms with Crippen molar-refractivity contribution in [1.29, 1.82) is 0 Å². The fourth-order valence-electron chi connectivity index (χ4n) is 4.60. The highest BCUT2D eigenvalue weighted by atomic mass is 19.1. The van der Waals surface area contributed by atoms with Gasteiger partial charge in [-0.1, -0.05) is 84.1 Å². The van der Waals surface area contributed by atoms with Crippen LogP contribution in [0.15, 0.2) is 18.2 Å². The Labute approximate surface area is 173 Å². The minimum atomic E-state index is -0.177. The standard InChI is InChI=1S/C26H43FO/c1-3-5-7-9-11-13-22-14-16-23(17-15-22)24-18-19-26(25(27)21-24)28-20-12-10-8-6-4-2/h18-19,21-23H,3-17,20H2,1-2H3/t22-,23-. The van der Waals surface area contributed by atoms with Crippen molar-refractivity contribution in [2.24, 2.45) is 5.92 Å². The molecule has 0 radical (unpaired) electrons. The van der Waals surface area contributed by atoms with Crippen molar-refractivity contribution in [2.45, 2.75) is 116 Å². The summed E-state index contributed by atoms with van der Waals surface area (Å²) in [6, 6.07) is 5.70. The lowest BCUT2D eigenvalue weighted by atomic mass is 9.77. The molecule has 28 heavy (non-hydrogen) atoms. The Hall–Kier alpha value is -1.05. The van der Waals surface area contributed by atoms with E-state index >= 15 is 0 Å². The van der Waals surface area contributed by atoms with Crippen LogP contribution in [0.5, 0.6) is 5.75 Å². The van der Waals surface area contributed by atoms with Gasteiger partial charge in [-0.3, -0.25) is 0 Å². The van der Waals surface area contributed by atoms with Crippen LogP contribution in [-0.4, -0.2) is 6.61 Å². The van der Waals surface area contributed by atoms with Gasteiger partial charge in [0.05, 0.1) is 6.61 Å². The minimum Gasteiger partial charge on any atom is -0.491 e. The molecule has 0 aromatic heterocycles. The number of rotatable bonds is 14. The number of unbranched alkanes of at least 4 members (excludes halogenated alkanes) is 8. The number of ether oxygens (including phenoxy) is 1. The first-order chi connectivity index (χ1) is 13.7.